The fraction of sp³-hybridized carbons (Fsp3) is 0.744. The molecule has 64 heavy (non-hydrogen) atoms. The predicted octanol–water partition coefficient (Wildman–Crippen LogP) is -6.95. The van der Waals surface area contributed by atoms with Gasteiger partial charge in [-0.25, -0.2) is 0 Å². The third-order valence-corrected chi connectivity index (χ3v) is 11.0. The van der Waals surface area contributed by atoms with Crippen molar-refractivity contribution in [3.05, 3.63) is 35.9 Å². The van der Waals surface area contributed by atoms with Gasteiger partial charge in [-0.3, -0.25) is 19.2 Å². The third kappa shape index (κ3) is 12.4. The average Bonchev–Trinajstić information content (AvgIpc) is 3.25. The van der Waals surface area contributed by atoms with Crippen molar-refractivity contribution in [1.82, 2.24) is 21.3 Å². The number of hydrogen-bond donors (Lipinski definition) is 13. The van der Waals surface area contributed by atoms with Gasteiger partial charge in [-0.15, -0.1) is 0 Å². The van der Waals surface area contributed by atoms with Crippen molar-refractivity contribution < 1.29 is 103 Å². The molecule has 1 aromatic carbocycles. The summed E-state index contributed by atoms with van der Waals surface area (Å²) in [5.41, 5.74) is 0.633. The van der Waals surface area contributed by atoms with Gasteiger partial charge in [-0.2, -0.15) is 0 Å². The van der Waals surface area contributed by atoms with Gasteiger partial charge in [0.05, 0.1) is 33.0 Å². The molecule has 4 heterocycles. The molecule has 20 atom stereocenters. The molecule has 13 N–H and O–H groups in total. The molecule has 4 aliphatic rings. The van der Waals surface area contributed by atoms with Crippen molar-refractivity contribution in [2.45, 2.75) is 157 Å². The molecule has 4 aliphatic heterocycles. The van der Waals surface area contributed by atoms with Gasteiger partial charge in [-0.05, 0) is 5.56 Å². The second-order valence-electron chi connectivity index (χ2n) is 15.9. The van der Waals surface area contributed by atoms with Crippen molar-refractivity contribution in [3.8, 4) is 0 Å². The number of aliphatic hydroxyl groups excluding tert-OH is 9. The molecule has 0 radical (unpaired) electrons. The highest BCUT2D eigenvalue weighted by atomic mass is 16.8. The molecule has 0 spiro atoms. The molecule has 5 rings (SSSR count). The summed E-state index contributed by atoms with van der Waals surface area (Å²) in [6.45, 7) is 1.12. The topological polar surface area (TPSA) is 372 Å². The smallest absolute Gasteiger partial charge is 0.217 e. The molecule has 1 aromatic rings. The zero-order valence-electron chi connectivity index (χ0n) is 35.4. The highest BCUT2D eigenvalue weighted by Crippen LogP contribution is 2.35. The normalized spacial score (nSPS) is 40.2. The Bertz CT molecular complexity index is 1690. The van der Waals surface area contributed by atoms with E-state index in [1.165, 1.54) is 0 Å². The molecule has 362 valence electrons. The average molecular weight is 921 g/mol. The highest BCUT2D eigenvalue weighted by molar-refractivity contribution is 5.74. The van der Waals surface area contributed by atoms with E-state index in [1.807, 2.05) is 0 Å². The molecule has 4 fully saturated rings. The van der Waals surface area contributed by atoms with E-state index < -0.39 is 173 Å². The summed E-state index contributed by atoms with van der Waals surface area (Å²) >= 11 is 0. The van der Waals surface area contributed by atoms with Gasteiger partial charge in [0, 0.05) is 27.7 Å². The number of ether oxygens (including phenoxy) is 8. The zero-order chi connectivity index (χ0) is 47.0. The monoisotopic (exact) mass is 920 g/mol. The van der Waals surface area contributed by atoms with Crippen LogP contribution in [-0.2, 0) is 63.7 Å². The predicted molar refractivity (Wildman–Crippen MR) is 209 cm³/mol. The van der Waals surface area contributed by atoms with Gasteiger partial charge in [0.15, 0.2) is 25.2 Å². The van der Waals surface area contributed by atoms with Crippen LogP contribution in [0.1, 0.15) is 33.3 Å². The Kier molecular flexibility index (Phi) is 18.7. The van der Waals surface area contributed by atoms with Crippen molar-refractivity contribution in [1.29, 1.82) is 0 Å². The Morgan fingerprint density at radius 3 is 1.27 bits per heavy atom. The number of hydrogen-bond acceptors (Lipinski definition) is 21. The van der Waals surface area contributed by atoms with Crippen LogP contribution in [0.25, 0.3) is 0 Å². The molecular formula is C39H60N4O21. The molecular weight excluding hydrogens is 860 g/mol. The van der Waals surface area contributed by atoms with Crippen LogP contribution >= 0.6 is 0 Å². The van der Waals surface area contributed by atoms with E-state index in [0.29, 0.717) is 5.56 Å². The quantitative estimate of drug-likeness (QED) is 0.0690. The third-order valence-electron chi connectivity index (χ3n) is 11.0. The van der Waals surface area contributed by atoms with Crippen LogP contribution in [0.3, 0.4) is 0 Å². The molecule has 25 heteroatoms. The van der Waals surface area contributed by atoms with Crippen molar-refractivity contribution in [2.24, 2.45) is 0 Å². The Balaban J connectivity index is 1.65. The highest BCUT2D eigenvalue weighted by Gasteiger charge is 2.56. The molecule has 0 aliphatic carbocycles. The van der Waals surface area contributed by atoms with Gasteiger partial charge >= 0.3 is 0 Å². The molecule has 0 unspecified atom stereocenters. The summed E-state index contributed by atoms with van der Waals surface area (Å²) < 4.78 is 49.5. The summed E-state index contributed by atoms with van der Waals surface area (Å²) in [5.74, 6) is -2.78. The number of carbonyl (C=O) groups excluding carboxylic acids is 4. The SMILES string of the molecule is CC(=O)N[C@H]1[C@H](OC[C@H]2O[C@H](OCc3ccccc3)[C@H](NC(C)=O)[C@@H](O[C@@H]3O[C@H](CO)[C@@H](O)[C@H](O)[C@H]3NC(C)=O)[C@@H]2O[C@@H]2O[C@H](CO)[C@@H](O)[C@H](O)[C@H]2NC(C)=O)O[C@H](CO)[C@@H](O)[C@@H]1O. The van der Waals surface area contributed by atoms with E-state index in [4.69, 9.17) is 37.9 Å². The van der Waals surface area contributed by atoms with Crippen LogP contribution in [0.2, 0.25) is 0 Å². The first-order valence-corrected chi connectivity index (χ1v) is 20.6. The maximum atomic E-state index is 13.0. The van der Waals surface area contributed by atoms with Crippen LogP contribution < -0.4 is 21.3 Å². The molecule has 0 bridgehead atoms. The lowest BCUT2D eigenvalue weighted by Gasteiger charge is -2.51. The van der Waals surface area contributed by atoms with Crippen molar-refractivity contribution in [3.63, 3.8) is 0 Å². The number of rotatable bonds is 17. The zero-order valence-corrected chi connectivity index (χ0v) is 35.4. The van der Waals surface area contributed by atoms with Crippen molar-refractivity contribution >= 4 is 23.6 Å². The summed E-state index contributed by atoms with van der Waals surface area (Å²) in [6, 6.07) is 2.62. The van der Waals surface area contributed by atoms with Crippen LogP contribution in [-0.4, -0.2) is 219 Å². The lowest BCUT2D eigenvalue weighted by molar-refractivity contribution is -0.365. The fourth-order valence-electron chi connectivity index (χ4n) is 7.93. The summed E-state index contributed by atoms with van der Waals surface area (Å²) in [6.07, 6.45) is -26.8. The Labute approximate surface area is 366 Å². The minimum absolute atomic E-state index is 0.156. The minimum atomic E-state index is -1.84. The van der Waals surface area contributed by atoms with E-state index in [-0.39, 0.29) is 6.61 Å². The number of benzene rings is 1. The fourth-order valence-corrected chi connectivity index (χ4v) is 7.93. The van der Waals surface area contributed by atoms with Gasteiger partial charge in [0.1, 0.15) is 97.4 Å². The molecule has 25 nitrogen and oxygen atoms in total. The van der Waals surface area contributed by atoms with Crippen LogP contribution in [0.4, 0.5) is 0 Å². The van der Waals surface area contributed by atoms with E-state index in [1.54, 1.807) is 30.3 Å². The number of aliphatic hydroxyl groups is 9. The Morgan fingerprint density at radius 2 is 0.844 bits per heavy atom. The largest absolute Gasteiger partial charge is 0.394 e. The Morgan fingerprint density at radius 1 is 0.484 bits per heavy atom. The molecule has 0 aromatic heterocycles. The lowest BCUT2D eigenvalue weighted by atomic mass is 9.93. The number of carbonyl (C=O) groups is 4. The number of nitrogens with one attached hydrogen (secondary N) is 4. The molecule has 0 saturated carbocycles. The van der Waals surface area contributed by atoms with E-state index >= 15 is 0 Å². The minimum Gasteiger partial charge on any atom is -0.394 e. The van der Waals surface area contributed by atoms with Gasteiger partial charge in [0.25, 0.3) is 0 Å². The lowest BCUT2D eigenvalue weighted by Crippen LogP contribution is -2.72. The van der Waals surface area contributed by atoms with Crippen LogP contribution in [0, 0.1) is 0 Å². The Hall–Kier alpha value is -3.58. The second kappa shape index (κ2) is 23.2. The van der Waals surface area contributed by atoms with E-state index in [9.17, 15) is 65.1 Å². The summed E-state index contributed by atoms with van der Waals surface area (Å²) in [4.78, 5) is 50.2. The van der Waals surface area contributed by atoms with Crippen LogP contribution in [0.15, 0.2) is 30.3 Å². The molecule has 4 amide bonds. The second-order valence-corrected chi connectivity index (χ2v) is 15.9. The standard InChI is InChI=1S/C39H60N4O21/c1-15(47)40-24-31(54)28(51)20(10-44)59-36(24)58-14-23-34(63-38-25(41-16(2)48)32(55)29(52)21(11-45)60-38)35(64-39-26(42-17(3)49)33(56)30(53)22(12-46)61-39)27(43-18(4)50)37(62-23)57-13-19-8-6-5-7-9-19/h5-9,20-39,44-46,51-56H,10-14H2,1-4H3,(H,40,47)(H,41,48)(H,42,49)(H,43,50)/t20-,21-,22-,23-,24-,25-,26-,27-,28-,29-,30-,31-,32-,33-,34-,35-,36-,37+,38+,39+/m1/s1. The number of amides is 4. The first-order chi connectivity index (χ1) is 30.4. The summed E-state index contributed by atoms with van der Waals surface area (Å²) in [7, 11) is 0. The van der Waals surface area contributed by atoms with E-state index in [2.05, 4.69) is 21.3 Å². The summed E-state index contributed by atoms with van der Waals surface area (Å²) in [5, 5.41) is 106. The maximum Gasteiger partial charge on any atom is 0.217 e. The maximum absolute atomic E-state index is 13.0. The van der Waals surface area contributed by atoms with Crippen molar-refractivity contribution in [2.75, 3.05) is 26.4 Å². The first kappa shape index (κ1) is 51.4. The van der Waals surface area contributed by atoms with Crippen LogP contribution in [0.5, 0.6) is 0 Å². The van der Waals surface area contributed by atoms with Gasteiger partial charge in [-0.1, -0.05) is 30.3 Å². The molecule has 4 saturated heterocycles. The van der Waals surface area contributed by atoms with E-state index in [0.717, 1.165) is 27.7 Å². The van der Waals surface area contributed by atoms with Gasteiger partial charge in [0.2, 0.25) is 23.6 Å². The first-order valence-electron chi connectivity index (χ1n) is 20.6. The van der Waals surface area contributed by atoms with Gasteiger partial charge < -0.3 is 105 Å².